The van der Waals surface area contributed by atoms with Gasteiger partial charge in [0, 0.05) is 0 Å². The van der Waals surface area contributed by atoms with Crippen molar-refractivity contribution in [1.29, 1.82) is 0 Å². The van der Waals surface area contributed by atoms with Gasteiger partial charge in [0.05, 0.1) is 19.0 Å². The Bertz CT molecular complexity index is 275. The van der Waals surface area contributed by atoms with Gasteiger partial charge >= 0.3 is 0 Å². The van der Waals surface area contributed by atoms with Crippen LogP contribution in [0.15, 0.2) is 15.0 Å². The molecule has 11 heavy (non-hydrogen) atoms. The Morgan fingerprint density at radius 2 is 1.82 bits per heavy atom. The first-order valence-electron chi connectivity index (χ1n) is 2.56. The van der Waals surface area contributed by atoms with Crippen molar-refractivity contribution in [2.24, 2.45) is 0 Å². The zero-order chi connectivity index (χ0) is 8.59. The molecule has 60 valence electrons. The monoisotopic (exact) mass is 318 g/mol. The molecule has 1 N–H and O–H groups in total. The Hall–Kier alpha value is 0.560. The van der Waals surface area contributed by atoms with E-state index in [1.165, 1.54) is 0 Å². The maximum absolute atomic E-state index is 9.24. The van der Waals surface area contributed by atoms with Gasteiger partial charge in [-0.3, -0.25) is 0 Å². The molecule has 0 fully saturated rings. The van der Waals surface area contributed by atoms with E-state index in [4.69, 9.17) is 23.2 Å². The summed E-state index contributed by atoms with van der Waals surface area (Å²) in [6, 6.07) is 1.56. The Balaban J connectivity index is 3.46. The predicted octanol–water partition coefficient (Wildman–Crippen LogP) is 4.22. The average Bonchev–Trinajstić information content (AvgIpc) is 1.97. The second-order valence-electron chi connectivity index (χ2n) is 1.82. The molecule has 1 aromatic carbocycles. The summed E-state index contributed by atoms with van der Waals surface area (Å²) in [6.07, 6.45) is 0. The summed E-state index contributed by atoms with van der Waals surface area (Å²) in [4.78, 5) is 0. The van der Waals surface area contributed by atoms with Crippen molar-refractivity contribution in [3.05, 3.63) is 25.1 Å². The minimum atomic E-state index is -0.0112. The molecule has 0 amide bonds. The lowest BCUT2D eigenvalue weighted by molar-refractivity contribution is 0.472. The summed E-state index contributed by atoms with van der Waals surface area (Å²) < 4.78 is 0.984. The van der Waals surface area contributed by atoms with E-state index in [1.807, 2.05) is 0 Å². The van der Waals surface area contributed by atoms with Crippen molar-refractivity contribution in [3.63, 3.8) is 0 Å². The fourth-order valence-corrected chi connectivity index (χ4v) is 1.99. The first-order valence-corrected chi connectivity index (χ1v) is 4.90. The largest absolute Gasteiger partial charge is 0.505 e. The second-order valence-corrected chi connectivity index (χ2v) is 4.25. The minimum Gasteiger partial charge on any atom is -0.505 e. The Labute approximate surface area is 90.6 Å². The molecule has 1 rings (SSSR count). The van der Waals surface area contributed by atoms with Gasteiger partial charge in [-0.2, -0.15) is 0 Å². The summed E-state index contributed by atoms with van der Waals surface area (Å²) in [5, 5.41) is 9.91. The molecule has 0 heterocycles. The highest BCUT2D eigenvalue weighted by atomic mass is 79.9. The van der Waals surface area contributed by atoms with Crippen LogP contribution in [-0.2, 0) is 0 Å². The molecule has 0 saturated heterocycles. The number of aromatic hydroxyl groups is 1. The van der Waals surface area contributed by atoms with Gasteiger partial charge in [0.2, 0.25) is 0 Å². The van der Waals surface area contributed by atoms with Crippen LogP contribution < -0.4 is 0 Å². The number of hydrogen-bond acceptors (Lipinski definition) is 1. The first-order chi connectivity index (χ1) is 5.04. The second kappa shape index (κ2) is 3.52. The maximum Gasteiger partial charge on any atom is 0.149 e. The normalized spacial score (nSPS) is 10.2. The van der Waals surface area contributed by atoms with E-state index in [2.05, 4.69) is 31.9 Å². The van der Waals surface area contributed by atoms with E-state index >= 15 is 0 Å². The summed E-state index contributed by atoms with van der Waals surface area (Å²) in [5.74, 6) is -0.0112. The molecular weight excluding hydrogens is 319 g/mol. The molecular formula is C6H2Br2Cl2O. The molecule has 0 aliphatic carbocycles. The van der Waals surface area contributed by atoms with Crippen molar-refractivity contribution in [3.8, 4) is 5.75 Å². The minimum absolute atomic E-state index is 0.0112. The van der Waals surface area contributed by atoms with Crippen molar-refractivity contribution in [1.82, 2.24) is 0 Å². The summed E-state index contributed by atoms with van der Waals surface area (Å²) in [6.45, 7) is 0. The lowest BCUT2D eigenvalue weighted by Gasteiger charge is -2.03. The maximum atomic E-state index is 9.24. The predicted molar refractivity (Wildman–Crippen MR) is 53.5 cm³/mol. The SMILES string of the molecule is Oc1c(Br)cc(Cl)c(Br)c1Cl. The van der Waals surface area contributed by atoms with E-state index in [0.717, 1.165) is 0 Å². The summed E-state index contributed by atoms with van der Waals surface area (Å²) in [5.41, 5.74) is 0. The number of halogens is 4. The van der Waals surface area contributed by atoms with Crippen LogP contribution in [0.4, 0.5) is 0 Å². The number of rotatable bonds is 0. The fourth-order valence-electron chi connectivity index (χ4n) is 0.557. The Morgan fingerprint density at radius 1 is 1.27 bits per heavy atom. The first kappa shape index (κ1) is 9.65. The number of benzene rings is 1. The third-order valence-electron chi connectivity index (χ3n) is 1.09. The van der Waals surface area contributed by atoms with Crippen LogP contribution >= 0.6 is 55.1 Å². The van der Waals surface area contributed by atoms with Gasteiger partial charge in [-0.15, -0.1) is 0 Å². The molecule has 0 bridgehead atoms. The number of phenolic OH excluding ortho intramolecular Hbond substituents is 1. The molecule has 0 aliphatic rings. The molecule has 0 aromatic heterocycles. The molecule has 1 aromatic rings. The smallest absolute Gasteiger partial charge is 0.149 e. The molecule has 5 heteroatoms. The van der Waals surface area contributed by atoms with E-state index < -0.39 is 0 Å². The molecule has 0 spiro atoms. The topological polar surface area (TPSA) is 20.2 Å². The van der Waals surface area contributed by atoms with Crippen molar-refractivity contribution in [2.45, 2.75) is 0 Å². The Morgan fingerprint density at radius 3 is 2.36 bits per heavy atom. The third-order valence-corrected chi connectivity index (χ3v) is 3.64. The number of phenols is 1. The van der Waals surface area contributed by atoms with E-state index in [-0.39, 0.29) is 10.8 Å². The van der Waals surface area contributed by atoms with Crippen LogP contribution in [0.1, 0.15) is 0 Å². The van der Waals surface area contributed by atoms with Gasteiger partial charge in [0.25, 0.3) is 0 Å². The van der Waals surface area contributed by atoms with Crippen molar-refractivity contribution in [2.75, 3.05) is 0 Å². The van der Waals surface area contributed by atoms with E-state index in [0.29, 0.717) is 14.0 Å². The lowest BCUT2D eigenvalue weighted by atomic mass is 10.3. The fraction of sp³-hybridized carbons (Fsp3) is 0. The van der Waals surface area contributed by atoms with Crippen LogP contribution in [0.25, 0.3) is 0 Å². The van der Waals surface area contributed by atoms with Crippen molar-refractivity contribution >= 4 is 55.1 Å². The highest BCUT2D eigenvalue weighted by Gasteiger charge is 2.10. The van der Waals surface area contributed by atoms with Gasteiger partial charge in [-0.25, -0.2) is 0 Å². The van der Waals surface area contributed by atoms with Gasteiger partial charge in [-0.05, 0) is 37.9 Å². The van der Waals surface area contributed by atoms with Gasteiger partial charge in [0.15, 0.2) is 0 Å². The summed E-state index contributed by atoms with van der Waals surface area (Å²) >= 11 is 17.6. The summed E-state index contributed by atoms with van der Waals surface area (Å²) in [7, 11) is 0. The van der Waals surface area contributed by atoms with Crippen LogP contribution in [0, 0.1) is 0 Å². The standard InChI is InChI=1S/C6H2Br2Cl2O/c7-2-1-3(9)4(8)5(10)6(2)11/h1,11H. The van der Waals surface area contributed by atoms with Crippen LogP contribution in [0.5, 0.6) is 5.75 Å². The molecule has 0 aliphatic heterocycles. The molecule has 0 unspecified atom stereocenters. The van der Waals surface area contributed by atoms with Crippen LogP contribution in [0.2, 0.25) is 10.0 Å². The average molecular weight is 321 g/mol. The third kappa shape index (κ3) is 1.83. The van der Waals surface area contributed by atoms with Crippen LogP contribution in [-0.4, -0.2) is 5.11 Å². The van der Waals surface area contributed by atoms with E-state index in [1.54, 1.807) is 6.07 Å². The molecule has 0 atom stereocenters. The van der Waals surface area contributed by atoms with Gasteiger partial charge < -0.3 is 5.11 Å². The number of hydrogen-bond donors (Lipinski definition) is 1. The zero-order valence-corrected chi connectivity index (χ0v) is 9.72. The highest BCUT2D eigenvalue weighted by molar-refractivity contribution is 9.11. The quantitative estimate of drug-likeness (QED) is 0.560. The Kier molecular flexibility index (Phi) is 3.09. The zero-order valence-electron chi connectivity index (χ0n) is 5.04. The van der Waals surface area contributed by atoms with Crippen molar-refractivity contribution < 1.29 is 5.11 Å². The van der Waals surface area contributed by atoms with Crippen LogP contribution in [0.3, 0.4) is 0 Å². The van der Waals surface area contributed by atoms with E-state index in [9.17, 15) is 5.11 Å². The molecule has 0 saturated carbocycles. The highest BCUT2D eigenvalue weighted by Crippen LogP contribution is 2.41. The molecule has 1 nitrogen and oxygen atoms in total. The molecule has 0 radical (unpaired) electrons. The van der Waals surface area contributed by atoms with Gasteiger partial charge in [0.1, 0.15) is 5.75 Å². The van der Waals surface area contributed by atoms with Gasteiger partial charge in [-0.1, -0.05) is 23.2 Å². The lowest BCUT2D eigenvalue weighted by Crippen LogP contribution is -1.75.